The first-order chi connectivity index (χ1) is 10.4. The minimum absolute atomic E-state index is 0.160. The third kappa shape index (κ3) is 3.99. The van der Waals surface area contributed by atoms with Gasteiger partial charge in [-0.1, -0.05) is 36.4 Å². The lowest BCUT2D eigenvalue weighted by Crippen LogP contribution is -2.48. The van der Waals surface area contributed by atoms with Gasteiger partial charge in [0.1, 0.15) is 12.1 Å². The van der Waals surface area contributed by atoms with Gasteiger partial charge >= 0.3 is 5.97 Å². The summed E-state index contributed by atoms with van der Waals surface area (Å²) in [7, 11) is 0. The van der Waals surface area contributed by atoms with Crippen LogP contribution in [0.1, 0.15) is 18.1 Å². The Balaban J connectivity index is 1.99. The highest BCUT2D eigenvalue weighted by atomic mass is 16.5. The van der Waals surface area contributed by atoms with Crippen LogP contribution in [0.3, 0.4) is 0 Å². The van der Waals surface area contributed by atoms with Crippen LogP contribution in [0.5, 0.6) is 11.5 Å². The largest absolute Gasteiger partial charge is 0.504 e. The molecule has 0 aromatic heterocycles. The van der Waals surface area contributed by atoms with Crippen LogP contribution in [0.2, 0.25) is 0 Å². The number of phenolic OH excluding ortho intramolecular Hbond substituents is 2. The summed E-state index contributed by atoms with van der Waals surface area (Å²) in [6.45, 7) is 1.73. The summed E-state index contributed by atoms with van der Waals surface area (Å²) in [6.07, 6.45) is 0.189. The minimum atomic E-state index is -1.22. The number of hydrogen-bond donors (Lipinski definition) is 3. The third-order valence-corrected chi connectivity index (χ3v) is 3.29. The number of carbonyl (C=O) groups excluding carboxylic acids is 1. The Morgan fingerprint density at radius 3 is 2.41 bits per heavy atom. The molecule has 0 saturated heterocycles. The summed E-state index contributed by atoms with van der Waals surface area (Å²) >= 11 is 0. The fourth-order valence-corrected chi connectivity index (χ4v) is 2.06. The Hall–Kier alpha value is -2.53. The fraction of sp³-hybridized carbons (Fsp3) is 0.235. The summed E-state index contributed by atoms with van der Waals surface area (Å²) in [5.74, 6) is -0.982. The Morgan fingerprint density at radius 2 is 1.77 bits per heavy atom. The molecular formula is C17H19NO4. The number of nitrogens with two attached hydrogens (primary N) is 1. The first-order valence-corrected chi connectivity index (χ1v) is 6.89. The van der Waals surface area contributed by atoms with Crippen molar-refractivity contribution in [3.8, 4) is 11.5 Å². The second kappa shape index (κ2) is 6.49. The van der Waals surface area contributed by atoms with E-state index in [9.17, 15) is 15.0 Å². The molecule has 0 saturated carbocycles. The molecule has 1 atom stereocenters. The summed E-state index contributed by atoms with van der Waals surface area (Å²) < 4.78 is 5.24. The van der Waals surface area contributed by atoms with Crippen molar-refractivity contribution < 1.29 is 19.7 Å². The lowest BCUT2D eigenvalue weighted by atomic mass is 9.94. The number of benzene rings is 2. The lowest BCUT2D eigenvalue weighted by molar-refractivity contribution is -0.150. The van der Waals surface area contributed by atoms with Gasteiger partial charge in [0.2, 0.25) is 0 Å². The molecule has 2 aromatic carbocycles. The van der Waals surface area contributed by atoms with Crippen molar-refractivity contribution in [2.24, 2.45) is 5.73 Å². The number of phenols is 2. The number of esters is 1. The highest BCUT2D eigenvalue weighted by molar-refractivity contribution is 5.80. The van der Waals surface area contributed by atoms with E-state index in [1.807, 2.05) is 30.3 Å². The van der Waals surface area contributed by atoms with Gasteiger partial charge in [-0.3, -0.25) is 4.79 Å². The van der Waals surface area contributed by atoms with E-state index in [0.29, 0.717) is 5.56 Å². The van der Waals surface area contributed by atoms with Gasteiger partial charge in [-0.15, -0.1) is 0 Å². The second-order valence-corrected chi connectivity index (χ2v) is 5.48. The zero-order valence-corrected chi connectivity index (χ0v) is 12.3. The Bertz CT molecular complexity index is 653. The number of carbonyl (C=O) groups is 1. The third-order valence-electron chi connectivity index (χ3n) is 3.29. The molecule has 116 valence electrons. The van der Waals surface area contributed by atoms with E-state index < -0.39 is 11.5 Å². The SMILES string of the molecule is CC(N)(Cc1ccc(O)c(O)c1)C(=O)OCc1ccccc1. The molecule has 0 amide bonds. The molecule has 0 radical (unpaired) electrons. The summed E-state index contributed by atoms with van der Waals surface area (Å²) in [5, 5.41) is 18.8. The van der Waals surface area contributed by atoms with Crippen molar-refractivity contribution >= 4 is 5.97 Å². The summed E-state index contributed by atoms with van der Waals surface area (Å²) in [5.41, 5.74) is 6.32. The van der Waals surface area contributed by atoms with Gasteiger partial charge in [0.25, 0.3) is 0 Å². The minimum Gasteiger partial charge on any atom is -0.504 e. The topological polar surface area (TPSA) is 92.8 Å². The number of hydrogen-bond acceptors (Lipinski definition) is 5. The zero-order valence-electron chi connectivity index (χ0n) is 12.3. The normalized spacial score (nSPS) is 13.4. The number of aromatic hydroxyl groups is 2. The second-order valence-electron chi connectivity index (χ2n) is 5.48. The Labute approximate surface area is 129 Å². The Morgan fingerprint density at radius 1 is 1.09 bits per heavy atom. The van der Waals surface area contributed by atoms with Crippen molar-refractivity contribution in [1.82, 2.24) is 0 Å². The molecule has 5 heteroatoms. The molecule has 0 spiro atoms. The zero-order chi connectivity index (χ0) is 16.2. The average molecular weight is 301 g/mol. The van der Waals surface area contributed by atoms with Crippen molar-refractivity contribution in [3.63, 3.8) is 0 Å². The molecule has 1 unspecified atom stereocenters. The van der Waals surface area contributed by atoms with E-state index in [2.05, 4.69) is 0 Å². The predicted molar refractivity (Wildman–Crippen MR) is 82.3 cm³/mol. The molecule has 0 aliphatic carbocycles. The van der Waals surface area contributed by atoms with Gasteiger partial charge in [-0.05, 0) is 30.2 Å². The van der Waals surface area contributed by atoms with Crippen molar-refractivity contribution in [3.05, 3.63) is 59.7 Å². The summed E-state index contributed by atoms with van der Waals surface area (Å²) in [4.78, 5) is 12.1. The molecule has 5 nitrogen and oxygen atoms in total. The molecule has 2 aromatic rings. The highest BCUT2D eigenvalue weighted by Gasteiger charge is 2.30. The maximum absolute atomic E-state index is 12.1. The summed E-state index contributed by atoms with van der Waals surface area (Å²) in [6, 6.07) is 13.7. The van der Waals surface area contributed by atoms with E-state index >= 15 is 0 Å². The van der Waals surface area contributed by atoms with Gasteiger partial charge in [-0.25, -0.2) is 0 Å². The van der Waals surface area contributed by atoms with E-state index in [0.717, 1.165) is 5.56 Å². The smallest absolute Gasteiger partial charge is 0.326 e. The monoisotopic (exact) mass is 301 g/mol. The fourth-order valence-electron chi connectivity index (χ4n) is 2.06. The van der Waals surface area contributed by atoms with Crippen LogP contribution in [0.4, 0.5) is 0 Å². The van der Waals surface area contributed by atoms with Gasteiger partial charge in [0.05, 0.1) is 0 Å². The van der Waals surface area contributed by atoms with Crippen molar-refractivity contribution in [1.29, 1.82) is 0 Å². The van der Waals surface area contributed by atoms with Gasteiger partial charge < -0.3 is 20.7 Å². The average Bonchev–Trinajstić information content (AvgIpc) is 2.49. The predicted octanol–water partition coefficient (Wildman–Crippen LogP) is 2.10. The maximum Gasteiger partial charge on any atom is 0.326 e. The molecule has 0 heterocycles. The highest BCUT2D eigenvalue weighted by Crippen LogP contribution is 2.26. The van der Waals surface area contributed by atoms with Crippen LogP contribution < -0.4 is 5.73 Å². The molecule has 0 bridgehead atoms. The standard InChI is InChI=1S/C17H19NO4/c1-17(18,10-13-7-8-14(19)15(20)9-13)16(21)22-11-12-5-3-2-4-6-12/h2-9,19-20H,10-11,18H2,1H3. The van der Waals surface area contributed by atoms with Crippen LogP contribution in [-0.4, -0.2) is 21.7 Å². The van der Waals surface area contributed by atoms with E-state index in [-0.39, 0.29) is 24.5 Å². The first kappa shape index (κ1) is 15.9. The van der Waals surface area contributed by atoms with Crippen molar-refractivity contribution in [2.75, 3.05) is 0 Å². The molecule has 2 rings (SSSR count). The van der Waals surface area contributed by atoms with Crippen LogP contribution in [-0.2, 0) is 22.6 Å². The van der Waals surface area contributed by atoms with Crippen LogP contribution >= 0.6 is 0 Å². The van der Waals surface area contributed by atoms with Gasteiger partial charge in [0.15, 0.2) is 11.5 Å². The quantitative estimate of drug-likeness (QED) is 0.581. The van der Waals surface area contributed by atoms with Gasteiger partial charge in [0, 0.05) is 6.42 Å². The van der Waals surface area contributed by atoms with E-state index in [4.69, 9.17) is 10.5 Å². The molecule has 0 fully saturated rings. The Kier molecular flexibility index (Phi) is 4.68. The van der Waals surface area contributed by atoms with E-state index in [1.54, 1.807) is 13.0 Å². The number of ether oxygens (including phenoxy) is 1. The van der Waals surface area contributed by atoms with Crippen molar-refractivity contribution in [2.45, 2.75) is 25.5 Å². The first-order valence-electron chi connectivity index (χ1n) is 6.89. The maximum atomic E-state index is 12.1. The van der Waals surface area contributed by atoms with Gasteiger partial charge in [-0.2, -0.15) is 0 Å². The molecular weight excluding hydrogens is 282 g/mol. The van der Waals surface area contributed by atoms with Crippen LogP contribution in [0.25, 0.3) is 0 Å². The molecule has 0 aliphatic rings. The molecule has 0 aliphatic heterocycles. The molecule has 4 N–H and O–H groups in total. The van der Waals surface area contributed by atoms with Crippen LogP contribution in [0.15, 0.2) is 48.5 Å². The van der Waals surface area contributed by atoms with E-state index in [1.165, 1.54) is 12.1 Å². The van der Waals surface area contributed by atoms with Crippen LogP contribution in [0, 0.1) is 0 Å². The lowest BCUT2D eigenvalue weighted by Gasteiger charge is -2.22. The number of rotatable bonds is 5. The molecule has 22 heavy (non-hydrogen) atoms.